The van der Waals surface area contributed by atoms with Gasteiger partial charge in [0, 0.05) is 26.7 Å². The van der Waals surface area contributed by atoms with Crippen molar-refractivity contribution in [1.29, 1.82) is 0 Å². The second-order valence-corrected chi connectivity index (χ2v) is 8.21. The Balaban J connectivity index is 1.93. The zero-order valence-corrected chi connectivity index (χ0v) is 16.5. The van der Waals surface area contributed by atoms with E-state index in [9.17, 15) is 13.2 Å². The van der Waals surface area contributed by atoms with Crippen LogP contribution in [0, 0.1) is 0 Å². The van der Waals surface area contributed by atoms with Gasteiger partial charge in [0.05, 0.1) is 33.0 Å². The van der Waals surface area contributed by atoms with Crippen LogP contribution in [-0.4, -0.2) is 68.2 Å². The van der Waals surface area contributed by atoms with Crippen molar-refractivity contribution in [1.82, 2.24) is 19.0 Å². The molecular weight excluding hydrogens is 372 g/mol. The minimum Gasteiger partial charge on any atom is -0.497 e. The van der Waals surface area contributed by atoms with Crippen molar-refractivity contribution in [2.24, 2.45) is 0 Å². The lowest BCUT2D eigenvalue weighted by Crippen LogP contribution is -2.38. The summed E-state index contributed by atoms with van der Waals surface area (Å²) in [6.45, 7) is 0.727. The van der Waals surface area contributed by atoms with Crippen LogP contribution in [0.4, 0.5) is 0 Å². The number of sulfonamides is 1. The molecule has 27 heavy (non-hydrogen) atoms. The van der Waals surface area contributed by atoms with E-state index in [1.807, 2.05) is 0 Å². The van der Waals surface area contributed by atoms with E-state index in [1.165, 1.54) is 29.5 Å². The van der Waals surface area contributed by atoms with Crippen molar-refractivity contribution in [3.05, 3.63) is 35.7 Å². The summed E-state index contributed by atoms with van der Waals surface area (Å²) < 4.78 is 39.8. The first-order valence-electron chi connectivity index (χ1n) is 8.28. The van der Waals surface area contributed by atoms with Crippen molar-refractivity contribution in [2.45, 2.75) is 18.0 Å². The summed E-state index contributed by atoms with van der Waals surface area (Å²) in [5, 5.41) is 4.28. The van der Waals surface area contributed by atoms with Crippen LogP contribution in [0.3, 0.4) is 0 Å². The summed E-state index contributed by atoms with van der Waals surface area (Å²) >= 11 is 0. The Morgan fingerprint density at radius 1 is 1.15 bits per heavy atom. The van der Waals surface area contributed by atoms with Gasteiger partial charge in [0.15, 0.2) is 5.69 Å². The molecule has 146 valence electrons. The van der Waals surface area contributed by atoms with Crippen LogP contribution < -0.4 is 9.47 Å². The fourth-order valence-corrected chi connectivity index (χ4v) is 4.48. The van der Waals surface area contributed by atoms with Crippen molar-refractivity contribution >= 4 is 15.9 Å². The smallest absolute Gasteiger partial charge is 0.273 e. The quantitative estimate of drug-likeness (QED) is 0.745. The van der Waals surface area contributed by atoms with Crippen LogP contribution in [0.2, 0.25) is 0 Å². The van der Waals surface area contributed by atoms with Gasteiger partial charge < -0.3 is 14.4 Å². The molecule has 3 rings (SSSR count). The molecule has 0 saturated carbocycles. The summed E-state index contributed by atoms with van der Waals surface area (Å²) in [6, 6.07) is 6.28. The standard InChI is InChI=1S/C17H22N4O5S/c1-19(2)17(22)14-9-12-11-20(7-8-21(12)18-14)27(23,24)16-10-13(25-3)5-6-15(16)26-4/h5-6,9-10H,7-8,11H2,1-4H3. The highest BCUT2D eigenvalue weighted by atomic mass is 32.2. The number of ether oxygens (including phenoxy) is 2. The third kappa shape index (κ3) is 3.50. The van der Waals surface area contributed by atoms with Gasteiger partial charge in [-0.25, -0.2) is 8.42 Å². The molecule has 2 aromatic rings. The molecule has 1 amide bonds. The Morgan fingerprint density at radius 3 is 2.52 bits per heavy atom. The minimum atomic E-state index is -3.82. The van der Waals surface area contributed by atoms with E-state index >= 15 is 0 Å². The Labute approximate surface area is 158 Å². The number of amides is 1. The number of fused-ring (bicyclic) bond motifs is 1. The van der Waals surface area contributed by atoms with Crippen LogP contribution in [0.5, 0.6) is 11.5 Å². The second-order valence-electron chi connectivity index (χ2n) is 6.30. The monoisotopic (exact) mass is 394 g/mol. The number of hydrogen-bond acceptors (Lipinski definition) is 6. The summed E-state index contributed by atoms with van der Waals surface area (Å²) in [5.41, 5.74) is 0.963. The third-order valence-electron chi connectivity index (χ3n) is 4.38. The lowest BCUT2D eigenvalue weighted by Gasteiger charge is -2.27. The summed E-state index contributed by atoms with van der Waals surface area (Å²) in [4.78, 5) is 13.6. The number of methoxy groups -OCH3 is 2. The van der Waals surface area contributed by atoms with Crippen LogP contribution in [0.15, 0.2) is 29.2 Å². The van der Waals surface area contributed by atoms with E-state index in [2.05, 4.69) is 5.10 Å². The number of aromatic nitrogens is 2. The molecule has 0 bridgehead atoms. The summed E-state index contributed by atoms with van der Waals surface area (Å²) in [6.07, 6.45) is 0. The highest BCUT2D eigenvalue weighted by Crippen LogP contribution is 2.32. The maximum Gasteiger partial charge on any atom is 0.273 e. The van der Waals surface area contributed by atoms with Gasteiger partial charge in [0.1, 0.15) is 16.4 Å². The Morgan fingerprint density at radius 2 is 1.89 bits per heavy atom. The van der Waals surface area contributed by atoms with E-state index < -0.39 is 10.0 Å². The molecule has 10 heteroatoms. The summed E-state index contributed by atoms with van der Waals surface area (Å²) in [5.74, 6) is 0.453. The highest BCUT2D eigenvalue weighted by molar-refractivity contribution is 7.89. The molecule has 9 nitrogen and oxygen atoms in total. The average Bonchev–Trinajstić information content (AvgIpc) is 3.09. The van der Waals surface area contributed by atoms with Gasteiger partial charge in [-0.3, -0.25) is 9.48 Å². The molecule has 0 N–H and O–H groups in total. The van der Waals surface area contributed by atoms with E-state index in [1.54, 1.807) is 37.0 Å². The van der Waals surface area contributed by atoms with Crippen LogP contribution in [0.25, 0.3) is 0 Å². The molecule has 0 aliphatic carbocycles. The molecule has 0 spiro atoms. The maximum atomic E-state index is 13.2. The van der Waals surface area contributed by atoms with Gasteiger partial charge in [-0.05, 0) is 18.2 Å². The number of benzene rings is 1. The SMILES string of the molecule is COc1ccc(OC)c(S(=O)(=O)N2CCn3nc(C(=O)N(C)C)cc3C2)c1. The molecule has 2 heterocycles. The number of hydrogen-bond donors (Lipinski definition) is 0. The maximum absolute atomic E-state index is 13.2. The fraction of sp³-hybridized carbons (Fsp3) is 0.412. The number of carbonyl (C=O) groups excluding carboxylic acids is 1. The third-order valence-corrected chi connectivity index (χ3v) is 6.24. The zero-order chi connectivity index (χ0) is 19.8. The lowest BCUT2D eigenvalue weighted by molar-refractivity contribution is 0.0821. The van der Waals surface area contributed by atoms with Gasteiger partial charge in [-0.2, -0.15) is 9.40 Å². The molecule has 0 radical (unpaired) electrons. The minimum absolute atomic E-state index is 0.0434. The van der Waals surface area contributed by atoms with Crippen LogP contribution >= 0.6 is 0 Å². The van der Waals surface area contributed by atoms with Gasteiger partial charge in [-0.15, -0.1) is 0 Å². The molecule has 1 aromatic heterocycles. The number of nitrogens with zero attached hydrogens (tertiary/aromatic N) is 4. The van der Waals surface area contributed by atoms with Crippen molar-refractivity contribution in [2.75, 3.05) is 34.9 Å². The Kier molecular flexibility index (Phi) is 5.11. The largest absolute Gasteiger partial charge is 0.497 e. The van der Waals surface area contributed by atoms with Crippen LogP contribution in [0.1, 0.15) is 16.2 Å². The molecule has 1 aliphatic heterocycles. The normalized spacial score (nSPS) is 14.5. The van der Waals surface area contributed by atoms with E-state index in [4.69, 9.17) is 9.47 Å². The molecule has 0 unspecified atom stereocenters. The Bertz CT molecular complexity index is 968. The summed E-state index contributed by atoms with van der Waals surface area (Å²) in [7, 11) is 2.37. The molecular formula is C17H22N4O5S. The van der Waals surface area contributed by atoms with Gasteiger partial charge in [-0.1, -0.05) is 0 Å². The number of carbonyl (C=O) groups is 1. The van der Waals surface area contributed by atoms with E-state index in [-0.39, 0.29) is 29.6 Å². The predicted molar refractivity (Wildman–Crippen MR) is 97.4 cm³/mol. The number of rotatable bonds is 5. The average molecular weight is 394 g/mol. The lowest BCUT2D eigenvalue weighted by atomic mass is 10.3. The van der Waals surface area contributed by atoms with E-state index in [0.717, 1.165) is 0 Å². The van der Waals surface area contributed by atoms with Crippen molar-refractivity contribution in [3.63, 3.8) is 0 Å². The molecule has 0 saturated heterocycles. The van der Waals surface area contributed by atoms with Gasteiger partial charge >= 0.3 is 0 Å². The highest BCUT2D eigenvalue weighted by Gasteiger charge is 2.32. The van der Waals surface area contributed by atoms with E-state index in [0.29, 0.717) is 23.7 Å². The zero-order valence-electron chi connectivity index (χ0n) is 15.7. The first kappa shape index (κ1) is 19.2. The molecule has 0 fully saturated rings. The second kappa shape index (κ2) is 7.20. The van der Waals surface area contributed by atoms with Crippen molar-refractivity contribution < 1.29 is 22.7 Å². The predicted octanol–water partition coefficient (Wildman–Crippen LogP) is 0.807. The Hall–Kier alpha value is -2.59. The molecule has 0 atom stereocenters. The van der Waals surface area contributed by atoms with Crippen LogP contribution in [-0.2, 0) is 23.1 Å². The molecule has 1 aliphatic rings. The molecule has 1 aromatic carbocycles. The van der Waals surface area contributed by atoms with Gasteiger partial charge in [0.25, 0.3) is 5.91 Å². The fourth-order valence-electron chi connectivity index (χ4n) is 2.91. The topological polar surface area (TPSA) is 94.0 Å². The first-order chi connectivity index (χ1) is 12.8. The van der Waals surface area contributed by atoms with Crippen molar-refractivity contribution in [3.8, 4) is 11.5 Å². The first-order valence-corrected chi connectivity index (χ1v) is 9.72. The van der Waals surface area contributed by atoms with Gasteiger partial charge in [0.2, 0.25) is 10.0 Å².